The van der Waals surface area contributed by atoms with E-state index in [4.69, 9.17) is 4.42 Å². The average molecular weight is 269 g/mol. The summed E-state index contributed by atoms with van der Waals surface area (Å²) >= 11 is 0. The molecule has 0 aliphatic heterocycles. The summed E-state index contributed by atoms with van der Waals surface area (Å²) in [5.74, 6) is 1.06. The number of furan rings is 1. The molecule has 3 heteroatoms. The number of aromatic nitrogens is 1. The lowest BCUT2D eigenvalue weighted by molar-refractivity contribution is -0.0179. The van der Waals surface area contributed by atoms with Crippen molar-refractivity contribution >= 4 is 0 Å². The molecule has 2 heterocycles. The topological polar surface area (TPSA) is 46.3 Å². The van der Waals surface area contributed by atoms with E-state index in [0.717, 1.165) is 55.5 Å². The largest absolute Gasteiger partial charge is 0.469 e. The lowest BCUT2D eigenvalue weighted by Crippen LogP contribution is -2.38. The van der Waals surface area contributed by atoms with Gasteiger partial charge in [-0.15, -0.1) is 0 Å². The zero-order valence-corrected chi connectivity index (χ0v) is 11.5. The second-order valence-corrected chi connectivity index (χ2v) is 6.03. The van der Waals surface area contributed by atoms with Crippen LogP contribution in [0.5, 0.6) is 0 Å². The monoisotopic (exact) mass is 269 g/mol. The lowest BCUT2D eigenvalue weighted by atomic mass is 9.68. The Morgan fingerprint density at radius 2 is 2.20 bits per heavy atom. The van der Waals surface area contributed by atoms with Crippen LogP contribution >= 0.6 is 0 Å². The summed E-state index contributed by atoms with van der Waals surface area (Å²) in [5.41, 5.74) is 2.58. The van der Waals surface area contributed by atoms with Gasteiger partial charge in [0.2, 0.25) is 0 Å². The molecule has 0 aromatic carbocycles. The van der Waals surface area contributed by atoms with Gasteiger partial charge < -0.3 is 9.52 Å². The fourth-order valence-corrected chi connectivity index (χ4v) is 4.01. The summed E-state index contributed by atoms with van der Waals surface area (Å²) in [4.78, 5) is 4.59. The van der Waals surface area contributed by atoms with Gasteiger partial charge in [0.25, 0.3) is 0 Å². The molecule has 0 spiro atoms. The molecule has 0 bridgehead atoms. The molecule has 2 atom stereocenters. The zero-order valence-electron chi connectivity index (χ0n) is 11.5. The lowest BCUT2D eigenvalue weighted by Gasteiger charge is -2.41. The Bertz CT molecular complexity index is 633. The van der Waals surface area contributed by atoms with Crippen LogP contribution in [-0.4, -0.2) is 10.1 Å². The van der Waals surface area contributed by atoms with Gasteiger partial charge in [-0.25, -0.2) is 0 Å². The number of hydrogen-bond donors (Lipinski definition) is 1. The van der Waals surface area contributed by atoms with Crippen molar-refractivity contribution in [3.63, 3.8) is 0 Å². The average Bonchev–Trinajstić information content (AvgIpc) is 2.97. The fraction of sp³-hybridized carbons (Fsp3) is 0.471. The van der Waals surface area contributed by atoms with Crippen molar-refractivity contribution in [3.05, 3.63) is 53.2 Å². The number of nitrogens with zero attached hydrogens (tertiary/aromatic N) is 1. The third kappa shape index (κ3) is 1.66. The van der Waals surface area contributed by atoms with Crippen molar-refractivity contribution in [2.45, 2.75) is 50.0 Å². The van der Waals surface area contributed by atoms with Gasteiger partial charge in [0.15, 0.2) is 0 Å². The van der Waals surface area contributed by atoms with Crippen LogP contribution in [0.25, 0.3) is 0 Å². The van der Waals surface area contributed by atoms with Gasteiger partial charge in [-0.1, -0.05) is 6.07 Å². The summed E-state index contributed by atoms with van der Waals surface area (Å²) in [6.07, 6.45) is 9.49. The molecule has 2 aliphatic carbocycles. The molecule has 2 aromatic rings. The first-order chi connectivity index (χ1) is 9.79. The highest BCUT2D eigenvalue weighted by Crippen LogP contribution is 2.49. The first-order valence-electron chi connectivity index (χ1n) is 7.52. The van der Waals surface area contributed by atoms with Crippen molar-refractivity contribution < 1.29 is 9.52 Å². The number of fused-ring (bicyclic) bond motifs is 2. The van der Waals surface area contributed by atoms with E-state index >= 15 is 0 Å². The van der Waals surface area contributed by atoms with E-state index in [1.54, 1.807) is 6.26 Å². The molecule has 20 heavy (non-hydrogen) atoms. The number of hydrogen-bond acceptors (Lipinski definition) is 3. The van der Waals surface area contributed by atoms with Crippen molar-refractivity contribution in [2.75, 3.05) is 0 Å². The highest BCUT2D eigenvalue weighted by atomic mass is 16.3. The van der Waals surface area contributed by atoms with Gasteiger partial charge in [-0.3, -0.25) is 4.98 Å². The molecule has 0 fully saturated rings. The molecular weight excluding hydrogens is 250 g/mol. The molecule has 1 N–H and O–H groups in total. The van der Waals surface area contributed by atoms with E-state index < -0.39 is 5.60 Å². The Labute approximate surface area is 118 Å². The van der Waals surface area contributed by atoms with Gasteiger partial charge in [-0.2, -0.15) is 0 Å². The maximum Gasteiger partial charge on any atom is 0.109 e. The molecule has 0 radical (unpaired) electrons. The smallest absolute Gasteiger partial charge is 0.109 e. The van der Waals surface area contributed by atoms with Gasteiger partial charge in [0, 0.05) is 29.8 Å². The van der Waals surface area contributed by atoms with Crippen LogP contribution in [0.15, 0.2) is 35.1 Å². The van der Waals surface area contributed by atoms with Gasteiger partial charge in [0.05, 0.1) is 6.26 Å². The summed E-state index contributed by atoms with van der Waals surface area (Å²) in [7, 11) is 0. The van der Waals surface area contributed by atoms with E-state index in [9.17, 15) is 5.11 Å². The second kappa shape index (κ2) is 4.45. The highest BCUT2D eigenvalue weighted by molar-refractivity contribution is 5.36. The minimum Gasteiger partial charge on any atom is -0.469 e. The maximum absolute atomic E-state index is 11.4. The third-order valence-electron chi connectivity index (χ3n) is 4.95. The number of pyridine rings is 1. The van der Waals surface area contributed by atoms with Crippen LogP contribution in [0, 0.1) is 0 Å². The van der Waals surface area contributed by atoms with Crippen molar-refractivity contribution in [1.29, 1.82) is 0 Å². The third-order valence-corrected chi connectivity index (χ3v) is 4.95. The van der Waals surface area contributed by atoms with Gasteiger partial charge in [-0.05, 0) is 49.8 Å². The van der Waals surface area contributed by atoms with E-state index in [2.05, 4.69) is 11.1 Å². The Kier molecular flexibility index (Phi) is 2.71. The maximum atomic E-state index is 11.4. The minimum absolute atomic E-state index is 0.101. The van der Waals surface area contributed by atoms with Crippen LogP contribution in [0.4, 0.5) is 0 Å². The molecule has 0 saturated heterocycles. The quantitative estimate of drug-likeness (QED) is 0.864. The summed E-state index contributed by atoms with van der Waals surface area (Å²) < 4.78 is 5.55. The Balaban J connectivity index is 1.83. The summed E-state index contributed by atoms with van der Waals surface area (Å²) in [6, 6.07) is 6.10. The number of aryl methyl sites for hydroxylation is 2. The fourth-order valence-electron chi connectivity index (χ4n) is 4.01. The molecule has 3 nitrogen and oxygen atoms in total. The van der Waals surface area contributed by atoms with E-state index in [-0.39, 0.29) is 5.92 Å². The van der Waals surface area contributed by atoms with E-state index in [0.29, 0.717) is 0 Å². The molecule has 104 valence electrons. The minimum atomic E-state index is -0.801. The molecule has 2 unspecified atom stereocenters. The van der Waals surface area contributed by atoms with Crippen LogP contribution < -0.4 is 0 Å². The predicted molar refractivity (Wildman–Crippen MR) is 75.5 cm³/mol. The van der Waals surface area contributed by atoms with Crippen LogP contribution in [0.3, 0.4) is 0 Å². The highest BCUT2D eigenvalue weighted by Gasteiger charge is 2.45. The first-order valence-corrected chi connectivity index (χ1v) is 7.52. The first kappa shape index (κ1) is 12.2. The SMILES string of the molecule is OC1(C2CCCc3cccnc32)CCCc2occc21. The number of rotatable bonds is 1. The van der Waals surface area contributed by atoms with E-state index in [1.165, 1.54) is 5.56 Å². The Morgan fingerprint density at radius 1 is 1.25 bits per heavy atom. The van der Waals surface area contributed by atoms with Crippen molar-refractivity contribution in [3.8, 4) is 0 Å². The Morgan fingerprint density at radius 3 is 3.15 bits per heavy atom. The normalized spacial score (nSPS) is 28.8. The van der Waals surface area contributed by atoms with Crippen molar-refractivity contribution in [1.82, 2.24) is 4.98 Å². The molecule has 4 rings (SSSR count). The summed E-state index contributed by atoms with van der Waals surface area (Å²) in [5, 5.41) is 11.4. The van der Waals surface area contributed by atoms with E-state index in [1.807, 2.05) is 18.3 Å². The van der Waals surface area contributed by atoms with Crippen LogP contribution in [0.1, 0.15) is 54.2 Å². The second-order valence-electron chi connectivity index (χ2n) is 6.03. The van der Waals surface area contributed by atoms with Crippen molar-refractivity contribution in [2.24, 2.45) is 0 Å². The number of aliphatic hydroxyl groups is 1. The molecule has 2 aromatic heterocycles. The predicted octanol–water partition coefficient (Wildman–Crippen LogP) is 3.32. The molecular formula is C17H19NO2. The molecule has 2 aliphatic rings. The standard InChI is InChI=1S/C17H19NO2/c19-17(9-2-7-15-13(17)8-11-20-15)14-6-1-4-12-5-3-10-18-16(12)14/h3,5,8,10-11,14,19H,1-2,4,6-7,9H2. The van der Waals surface area contributed by atoms with Gasteiger partial charge >= 0.3 is 0 Å². The van der Waals surface area contributed by atoms with Crippen LogP contribution in [-0.2, 0) is 18.4 Å². The van der Waals surface area contributed by atoms with Crippen LogP contribution in [0.2, 0.25) is 0 Å². The zero-order chi connectivity index (χ0) is 13.6. The summed E-state index contributed by atoms with van der Waals surface area (Å²) in [6.45, 7) is 0. The van der Waals surface area contributed by atoms with Gasteiger partial charge in [0.1, 0.15) is 11.4 Å². The molecule has 0 saturated carbocycles. The molecule has 0 amide bonds. The Hall–Kier alpha value is -1.61.